The first-order valence-electron chi connectivity index (χ1n) is 16.4. The van der Waals surface area contributed by atoms with Gasteiger partial charge in [-0.1, -0.05) is 152 Å². The lowest BCUT2D eigenvalue weighted by atomic mass is 9.97. The molecule has 0 saturated heterocycles. The Balaban J connectivity index is 1.11. The zero-order chi connectivity index (χ0) is 31.9. The summed E-state index contributed by atoms with van der Waals surface area (Å²) in [6.45, 7) is 0. The molecule has 0 spiro atoms. The summed E-state index contributed by atoms with van der Waals surface area (Å²) in [6.07, 6.45) is 0. The number of hydrogen-bond donors (Lipinski definition) is 0. The maximum atomic E-state index is 6.72. The Morgan fingerprint density at radius 1 is 0.333 bits per heavy atom. The number of para-hydroxylation sites is 3. The molecule has 0 N–H and O–H groups in total. The lowest BCUT2D eigenvalue weighted by Crippen LogP contribution is -2.10. The molecular formula is C46H31NO. The van der Waals surface area contributed by atoms with Crippen LogP contribution in [0.15, 0.2) is 192 Å². The summed E-state index contributed by atoms with van der Waals surface area (Å²) in [4.78, 5) is 2.34. The Bertz CT molecular complexity index is 2540. The molecule has 226 valence electrons. The predicted molar refractivity (Wildman–Crippen MR) is 202 cm³/mol. The molecule has 1 aromatic heterocycles. The summed E-state index contributed by atoms with van der Waals surface area (Å²) in [5.74, 6) is 0. The van der Waals surface area contributed by atoms with Crippen molar-refractivity contribution in [2.45, 2.75) is 0 Å². The largest absolute Gasteiger partial charge is 0.455 e. The first kappa shape index (κ1) is 27.9. The van der Waals surface area contributed by atoms with Crippen LogP contribution in [-0.4, -0.2) is 0 Å². The number of anilines is 3. The second kappa shape index (κ2) is 11.8. The molecule has 0 radical (unpaired) electrons. The van der Waals surface area contributed by atoms with Crippen molar-refractivity contribution in [2.75, 3.05) is 4.90 Å². The van der Waals surface area contributed by atoms with E-state index in [4.69, 9.17) is 4.42 Å². The van der Waals surface area contributed by atoms with Gasteiger partial charge in [0.15, 0.2) is 0 Å². The normalized spacial score (nSPS) is 11.3. The summed E-state index contributed by atoms with van der Waals surface area (Å²) in [5.41, 5.74) is 12.0. The topological polar surface area (TPSA) is 16.4 Å². The Hall–Kier alpha value is -6.38. The fourth-order valence-corrected chi connectivity index (χ4v) is 6.97. The van der Waals surface area contributed by atoms with E-state index < -0.39 is 0 Å². The molecule has 9 aromatic rings. The van der Waals surface area contributed by atoms with E-state index in [1.165, 1.54) is 10.8 Å². The van der Waals surface area contributed by atoms with Crippen molar-refractivity contribution in [3.63, 3.8) is 0 Å². The van der Waals surface area contributed by atoms with Crippen LogP contribution < -0.4 is 4.90 Å². The van der Waals surface area contributed by atoms with Gasteiger partial charge in [0.05, 0.1) is 5.69 Å². The van der Waals surface area contributed by atoms with Crippen molar-refractivity contribution in [2.24, 2.45) is 0 Å². The van der Waals surface area contributed by atoms with Crippen LogP contribution >= 0.6 is 0 Å². The minimum atomic E-state index is 0.914. The number of hydrogen-bond acceptors (Lipinski definition) is 2. The Kier molecular flexibility index (Phi) is 6.84. The van der Waals surface area contributed by atoms with Gasteiger partial charge < -0.3 is 9.32 Å². The number of nitrogens with zero attached hydrogens (tertiary/aromatic N) is 1. The van der Waals surface area contributed by atoms with E-state index in [1.807, 2.05) is 6.07 Å². The van der Waals surface area contributed by atoms with Gasteiger partial charge in [-0.3, -0.25) is 0 Å². The van der Waals surface area contributed by atoms with Crippen molar-refractivity contribution in [3.05, 3.63) is 188 Å². The molecule has 0 amide bonds. The summed E-state index contributed by atoms with van der Waals surface area (Å²) in [7, 11) is 0. The highest BCUT2D eigenvalue weighted by Gasteiger charge is 2.17. The standard InChI is InChI=1S/C46H31NO/c1-3-13-34(14-4-1)40-22-11-24-42-43-25-12-23-41(46(43)48-45(40)42)36-18-9-17-35(31-36)32-27-29-38(30-28-32)47(37-19-5-2-6-20-37)44-26-10-16-33-15-7-8-21-39(33)44/h1-31H. The molecule has 9 rings (SSSR count). The van der Waals surface area contributed by atoms with Gasteiger partial charge in [0.2, 0.25) is 0 Å². The van der Waals surface area contributed by atoms with E-state index in [9.17, 15) is 0 Å². The molecular weight excluding hydrogens is 583 g/mol. The average molecular weight is 614 g/mol. The molecule has 0 aliphatic heterocycles. The van der Waals surface area contributed by atoms with Crippen molar-refractivity contribution < 1.29 is 4.42 Å². The van der Waals surface area contributed by atoms with E-state index in [-0.39, 0.29) is 0 Å². The smallest absolute Gasteiger partial charge is 0.143 e. The zero-order valence-corrected chi connectivity index (χ0v) is 26.3. The molecule has 2 heteroatoms. The third-order valence-corrected chi connectivity index (χ3v) is 9.26. The van der Waals surface area contributed by atoms with Gasteiger partial charge in [-0.05, 0) is 64.0 Å². The highest BCUT2D eigenvalue weighted by atomic mass is 16.3. The second-order valence-electron chi connectivity index (χ2n) is 12.1. The van der Waals surface area contributed by atoms with E-state index in [2.05, 4.69) is 187 Å². The van der Waals surface area contributed by atoms with Crippen molar-refractivity contribution >= 4 is 49.8 Å². The molecule has 2 nitrogen and oxygen atoms in total. The number of furan rings is 1. The van der Waals surface area contributed by atoms with Gasteiger partial charge in [-0.2, -0.15) is 0 Å². The third-order valence-electron chi connectivity index (χ3n) is 9.26. The minimum Gasteiger partial charge on any atom is -0.455 e. The van der Waals surface area contributed by atoms with Crippen molar-refractivity contribution in [1.29, 1.82) is 0 Å². The Morgan fingerprint density at radius 2 is 0.854 bits per heavy atom. The molecule has 0 unspecified atom stereocenters. The molecule has 0 fully saturated rings. The molecule has 0 atom stereocenters. The fraction of sp³-hybridized carbons (Fsp3) is 0. The van der Waals surface area contributed by atoms with Gasteiger partial charge in [-0.15, -0.1) is 0 Å². The molecule has 0 aliphatic carbocycles. The van der Waals surface area contributed by atoms with Gasteiger partial charge in [0, 0.05) is 38.7 Å². The average Bonchev–Trinajstić information content (AvgIpc) is 3.55. The Morgan fingerprint density at radius 3 is 1.60 bits per heavy atom. The minimum absolute atomic E-state index is 0.914. The van der Waals surface area contributed by atoms with E-state index in [0.29, 0.717) is 0 Å². The third kappa shape index (κ3) is 4.83. The lowest BCUT2D eigenvalue weighted by molar-refractivity contribution is 0.671. The molecule has 8 aromatic carbocycles. The SMILES string of the molecule is c1ccc(-c2cccc3c2oc2c(-c4cccc(-c5ccc(N(c6ccccc6)c6cccc7ccccc67)cc5)c4)cccc23)cc1. The highest BCUT2D eigenvalue weighted by Crippen LogP contribution is 2.42. The first-order valence-corrected chi connectivity index (χ1v) is 16.4. The quantitative estimate of drug-likeness (QED) is 0.185. The van der Waals surface area contributed by atoms with Crippen LogP contribution in [0.25, 0.3) is 66.1 Å². The summed E-state index contributed by atoms with van der Waals surface area (Å²) in [5, 5.41) is 4.70. The van der Waals surface area contributed by atoms with Crippen LogP contribution in [-0.2, 0) is 0 Å². The monoisotopic (exact) mass is 613 g/mol. The summed E-state index contributed by atoms with van der Waals surface area (Å²) in [6, 6.07) is 66.7. The van der Waals surface area contributed by atoms with Crippen LogP contribution in [0, 0.1) is 0 Å². The van der Waals surface area contributed by atoms with Gasteiger partial charge in [-0.25, -0.2) is 0 Å². The second-order valence-corrected chi connectivity index (χ2v) is 12.1. The maximum Gasteiger partial charge on any atom is 0.143 e. The van der Waals surface area contributed by atoms with Crippen LogP contribution in [0.1, 0.15) is 0 Å². The van der Waals surface area contributed by atoms with Gasteiger partial charge in [0.1, 0.15) is 11.2 Å². The Labute approximate surface area is 279 Å². The molecule has 0 bridgehead atoms. The van der Waals surface area contributed by atoms with E-state index in [0.717, 1.165) is 72.4 Å². The summed E-state index contributed by atoms with van der Waals surface area (Å²) < 4.78 is 6.72. The first-order chi connectivity index (χ1) is 23.8. The number of fused-ring (bicyclic) bond motifs is 4. The molecule has 0 aliphatic rings. The fourth-order valence-electron chi connectivity index (χ4n) is 6.97. The molecule has 0 saturated carbocycles. The molecule has 1 heterocycles. The van der Waals surface area contributed by atoms with Crippen LogP contribution in [0.2, 0.25) is 0 Å². The van der Waals surface area contributed by atoms with Crippen LogP contribution in [0.4, 0.5) is 17.1 Å². The van der Waals surface area contributed by atoms with E-state index in [1.54, 1.807) is 0 Å². The van der Waals surface area contributed by atoms with Crippen molar-refractivity contribution in [3.8, 4) is 33.4 Å². The highest BCUT2D eigenvalue weighted by molar-refractivity contribution is 6.13. The number of benzene rings is 8. The maximum absolute atomic E-state index is 6.72. The van der Waals surface area contributed by atoms with Crippen LogP contribution in [0.5, 0.6) is 0 Å². The van der Waals surface area contributed by atoms with Gasteiger partial charge in [0.25, 0.3) is 0 Å². The number of rotatable bonds is 6. The predicted octanol–water partition coefficient (Wildman–Crippen LogP) is 13.2. The van der Waals surface area contributed by atoms with E-state index >= 15 is 0 Å². The zero-order valence-electron chi connectivity index (χ0n) is 26.3. The summed E-state index contributed by atoms with van der Waals surface area (Å²) >= 11 is 0. The van der Waals surface area contributed by atoms with Crippen molar-refractivity contribution in [1.82, 2.24) is 0 Å². The lowest BCUT2D eigenvalue weighted by Gasteiger charge is -2.27. The van der Waals surface area contributed by atoms with Gasteiger partial charge >= 0.3 is 0 Å². The molecule has 48 heavy (non-hydrogen) atoms. The van der Waals surface area contributed by atoms with Crippen LogP contribution in [0.3, 0.4) is 0 Å².